The summed E-state index contributed by atoms with van der Waals surface area (Å²) in [6.07, 6.45) is 4.36. The molecule has 6 nitrogen and oxygen atoms in total. The van der Waals surface area contributed by atoms with Crippen LogP contribution in [-0.2, 0) is 9.53 Å². The third-order valence-electron chi connectivity index (χ3n) is 4.76. The molecular weight excluding hydrogens is 342 g/mol. The fourth-order valence-electron chi connectivity index (χ4n) is 3.42. The van der Waals surface area contributed by atoms with Crippen LogP contribution in [-0.4, -0.2) is 48.6 Å². The van der Waals surface area contributed by atoms with Crippen molar-refractivity contribution in [3.8, 4) is 0 Å². The molecule has 2 atom stereocenters. The molecule has 1 aromatic carbocycles. The van der Waals surface area contributed by atoms with Gasteiger partial charge in [-0.3, -0.25) is 9.59 Å². The number of rotatable bonds is 4. The second-order valence-electron chi connectivity index (χ2n) is 6.46. The normalized spacial score (nSPS) is 23.0. The smallest absolute Gasteiger partial charge is 0.254 e. The second-order valence-corrected chi connectivity index (χ2v) is 6.46. The Labute approximate surface area is 154 Å². The number of anilines is 1. The van der Waals surface area contributed by atoms with E-state index in [-0.39, 0.29) is 36.4 Å². The van der Waals surface area contributed by atoms with Crippen LogP contribution >= 0.6 is 12.4 Å². The predicted molar refractivity (Wildman–Crippen MR) is 99.0 cm³/mol. The highest BCUT2D eigenvalue weighted by atomic mass is 35.5. The number of carbonyl (C=O) groups is 2. The molecule has 0 bridgehead atoms. The number of benzene rings is 1. The SMILES string of the molecule is Cl.NCC1CCCCN1C(=O)c1cccc(NC(=O)C2CCCO2)c1. The largest absolute Gasteiger partial charge is 0.368 e. The minimum Gasteiger partial charge on any atom is -0.368 e. The van der Waals surface area contributed by atoms with Gasteiger partial charge in [0.15, 0.2) is 0 Å². The molecule has 2 fully saturated rings. The van der Waals surface area contributed by atoms with E-state index in [9.17, 15) is 9.59 Å². The summed E-state index contributed by atoms with van der Waals surface area (Å²) < 4.78 is 5.39. The number of likely N-dealkylation sites (tertiary alicyclic amines) is 1. The van der Waals surface area contributed by atoms with E-state index in [4.69, 9.17) is 10.5 Å². The molecule has 0 saturated carbocycles. The highest BCUT2D eigenvalue weighted by Gasteiger charge is 2.27. The Morgan fingerprint density at radius 2 is 2.08 bits per heavy atom. The zero-order valence-corrected chi connectivity index (χ0v) is 15.1. The van der Waals surface area contributed by atoms with Crippen LogP contribution in [0.15, 0.2) is 24.3 Å². The molecule has 7 heteroatoms. The van der Waals surface area contributed by atoms with Crippen molar-refractivity contribution in [2.45, 2.75) is 44.2 Å². The van der Waals surface area contributed by atoms with E-state index in [2.05, 4.69) is 5.32 Å². The van der Waals surface area contributed by atoms with Gasteiger partial charge in [-0.05, 0) is 50.3 Å². The summed E-state index contributed by atoms with van der Waals surface area (Å²) in [4.78, 5) is 26.8. The van der Waals surface area contributed by atoms with Gasteiger partial charge in [-0.15, -0.1) is 12.4 Å². The molecule has 3 N–H and O–H groups in total. The first-order valence-electron chi connectivity index (χ1n) is 8.72. The van der Waals surface area contributed by atoms with Crippen LogP contribution in [0.2, 0.25) is 0 Å². The van der Waals surface area contributed by atoms with Gasteiger partial charge in [-0.2, -0.15) is 0 Å². The maximum absolute atomic E-state index is 12.8. The van der Waals surface area contributed by atoms with E-state index < -0.39 is 0 Å². The molecule has 2 aliphatic rings. The maximum Gasteiger partial charge on any atom is 0.254 e. The van der Waals surface area contributed by atoms with E-state index in [1.807, 2.05) is 4.90 Å². The molecule has 2 aliphatic heterocycles. The lowest BCUT2D eigenvalue weighted by atomic mass is 10.0. The van der Waals surface area contributed by atoms with Crippen molar-refractivity contribution >= 4 is 29.9 Å². The molecule has 1 aromatic rings. The van der Waals surface area contributed by atoms with Crippen LogP contribution in [0, 0.1) is 0 Å². The Morgan fingerprint density at radius 3 is 2.80 bits per heavy atom. The van der Waals surface area contributed by atoms with Crippen LogP contribution < -0.4 is 11.1 Å². The highest BCUT2D eigenvalue weighted by Crippen LogP contribution is 2.21. The van der Waals surface area contributed by atoms with Crippen molar-refractivity contribution in [1.29, 1.82) is 0 Å². The van der Waals surface area contributed by atoms with Gasteiger partial charge in [0.1, 0.15) is 6.10 Å². The third kappa shape index (κ3) is 4.71. The van der Waals surface area contributed by atoms with E-state index in [1.54, 1.807) is 24.3 Å². The van der Waals surface area contributed by atoms with E-state index in [1.165, 1.54) is 0 Å². The van der Waals surface area contributed by atoms with E-state index in [0.29, 0.717) is 24.4 Å². The Morgan fingerprint density at radius 1 is 1.24 bits per heavy atom. The van der Waals surface area contributed by atoms with E-state index in [0.717, 1.165) is 38.6 Å². The molecule has 0 aromatic heterocycles. The number of hydrogen-bond donors (Lipinski definition) is 2. The number of piperidine rings is 1. The standard InChI is InChI=1S/C18H25N3O3.ClH/c19-12-15-7-1-2-9-21(15)18(23)13-5-3-6-14(11-13)20-17(22)16-8-4-10-24-16;/h3,5-6,11,15-16H,1-2,4,7-10,12,19H2,(H,20,22);1H. The molecule has 2 unspecified atom stereocenters. The zero-order chi connectivity index (χ0) is 16.9. The fourth-order valence-corrected chi connectivity index (χ4v) is 3.42. The first-order chi connectivity index (χ1) is 11.7. The van der Waals surface area contributed by atoms with Crippen molar-refractivity contribution in [2.75, 3.05) is 25.0 Å². The molecule has 2 saturated heterocycles. The van der Waals surface area contributed by atoms with Crippen LogP contribution in [0.3, 0.4) is 0 Å². The molecule has 138 valence electrons. The summed E-state index contributed by atoms with van der Waals surface area (Å²) >= 11 is 0. The van der Waals surface area contributed by atoms with E-state index >= 15 is 0 Å². The van der Waals surface area contributed by atoms with Crippen molar-refractivity contribution < 1.29 is 14.3 Å². The Kier molecular flexibility index (Phi) is 7.23. The molecule has 0 spiro atoms. The number of halogens is 1. The first-order valence-corrected chi connectivity index (χ1v) is 8.72. The Balaban J connectivity index is 0.00000225. The minimum absolute atomic E-state index is 0. The summed E-state index contributed by atoms with van der Waals surface area (Å²) in [7, 11) is 0. The summed E-state index contributed by atoms with van der Waals surface area (Å²) in [5, 5.41) is 2.85. The topological polar surface area (TPSA) is 84.7 Å². The Bertz CT molecular complexity index is 605. The first kappa shape index (κ1) is 19.7. The van der Waals surface area contributed by atoms with Gasteiger partial charge in [-0.1, -0.05) is 6.07 Å². The highest BCUT2D eigenvalue weighted by molar-refractivity contribution is 5.98. The van der Waals surface area contributed by atoms with Gasteiger partial charge in [0.25, 0.3) is 11.8 Å². The van der Waals surface area contributed by atoms with Crippen LogP contribution in [0.1, 0.15) is 42.5 Å². The fraction of sp³-hybridized carbons (Fsp3) is 0.556. The lowest BCUT2D eigenvalue weighted by Gasteiger charge is -2.35. The molecule has 2 heterocycles. The minimum atomic E-state index is -0.381. The molecule has 0 aliphatic carbocycles. The van der Waals surface area contributed by atoms with Gasteiger partial charge < -0.3 is 20.7 Å². The van der Waals surface area contributed by atoms with Crippen molar-refractivity contribution in [2.24, 2.45) is 5.73 Å². The molecule has 25 heavy (non-hydrogen) atoms. The Hall–Kier alpha value is -1.63. The summed E-state index contributed by atoms with van der Waals surface area (Å²) in [6.45, 7) is 1.86. The zero-order valence-electron chi connectivity index (χ0n) is 14.3. The third-order valence-corrected chi connectivity index (χ3v) is 4.76. The van der Waals surface area contributed by atoms with Gasteiger partial charge in [0, 0.05) is 37.0 Å². The molecular formula is C18H26ClN3O3. The van der Waals surface area contributed by atoms with Gasteiger partial charge >= 0.3 is 0 Å². The van der Waals surface area contributed by atoms with Crippen molar-refractivity contribution in [1.82, 2.24) is 4.90 Å². The molecule has 2 amide bonds. The maximum atomic E-state index is 12.8. The number of carbonyl (C=O) groups excluding carboxylic acids is 2. The van der Waals surface area contributed by atoms with Gasteiger partial charge in [-0.25, -0.2) is 0 Å². The number of hydrogen-bond acceptors (Lipinski definition) is 4. The van der Waals surface area contributed by atoms with Crippen LogP contribution in [0.5, 0.6) is 0 Å². The van der Waals surface area contributed by atoms with Crippen molar-refractivity contribution in [3.05, 3.63) is 29.8 Å². The molecule has 0 radical (unpaired) electrons. The predicted octanol–water partition coefficient (Wildman–Crippen LogP) is 2.18. The number of nitrogens with zero attached hydrogens (tertiary/aromatic N) is 1. The summed E-state index contributed by atoms with van der Waals surface area (Å²) in [6, 6.07) is 7.21. The number of ether oxygens (including phenoxy) is 1. The summed E-state index contributed by atoms with van der Waals surface area (Å²) in [5.41, 5.74) is 7.02. The number of amides is 2. The average Bonchev–Trinajstić information content (AvgIpc) is 3.16. The average molecular weight is 368 g/mol. The number of nitrogens with one attached hydrogen (secondary N) is 1. The lowest BCUT2D eigenvalue weighted by molar-refractivity contribution is -0.124. The molecule has 3 rings (SSSR count). The lowest BCUT2D eigenvalue weighted by Crippen LogP contribution is -2.47. The van der Waals surface area contributed by atoms with Crippen molar-refractivity contribution in [3.63, 3.8) is 0 Å². The second kappa shape index (κ2) is 9.17. The summed E-state index contributed by atoms with van der Waals surface area (Å²) in [5.74, 6) is -0.159. The van der Waals surface area contributed by atoms with Crippen LogP contribution in [0.4, 0.5) is 5.69 Å². The quantitative estimate of drug-likeness (QED) is 0.854. The van der Waals surface area contributed by atoms with Gasteiger partial charge in [0.05, 0.1) is 0 Å². The number of nitrogens with two attached hydrogens (primary N) is 1. The van der Waals surface area contributed by atoms with Crippen LogP contribution in [0.25, 0.3) is 0 Å². The van der Waals surface area contributed by atoms with Gasteiger partial charge in [0.2, 0.25) is 0 Å². The monoisotopic (exact) mass is 367 g/mol.